The Morgan fingerprint density at radius 1 is 1.21 bits per heavy atom. The molecule has 1 aliphatic heterocycles. The van der Waals surface area contributed by atoms with Crippen molar-refractivity contribution in [2.75, 3.05) is 0 Å². The number of carbonyl (C=O) groups excluding carboxylic acids is 1. The average molecular weight is 386 g/mol. The molecule has 3 rings (SSSR count). The number of ether oxygens (including phenoxy) is 1. The van der Waals surface area contributed by atoms with Crippen molar-refractivity contribution in [2.24, 2.45) is 0 Å². The smallest absolute Gasteiger partial charge is 0.336 e. The van der Waals surface area contributed by atoms with Gasteiger partial charge < -0.3 is 19.8 Å². The van der Waals surface area contributed by atoms with E-state index in [4.69, 9.17) is 9.15 Å². The second kappa shape index (κ2) is 7.24. The third-order valence-corrected chi connectivity index (χ3v) is 5.14. The van der Waals surface area contributed by atoms with Gasteiger partial charge in [0.1, 0.15) is 11.3 Å². The summed E-state index contributed by atoms with van der Waals surface area (Å²) in [4.78, 5) is 24.3. The van der Waals surface area contributed by atoms with Gasteiger partial charge in [0.2, 0.25) is 0 Å². The van der Waals surface area contributed by atoms with Crippen LogP contribution >= 0.6 is 0 Å². The van der Waals surface area contributed by atoms with Crippen molar-refractivity contribution >= 4 is 16.9 Å². The monoisotopic (exact) mass is 386 g/mol. The van der Waals surface area contributed by atoms with Gasteiger partial charge in [0.15, 0.2) is 6.10 Å². The Hall–Kier alpha value is -2.34. The molecule has 1 unspecified atom stereocenters. The van der Waals surface area contributed by atoms with E-state index in [1.54, 1.807) is 19.1 Å². The van der Waals surface area contributed by atoms with E-state index in [0.29, 0.717) is 11.3 Å². The minimum atomic E-state index is -0.657. The van der Waals surface area contributed by atoms with E-state index in [9.17, 15) is 9.59 Å². The maximum absolute atomic E-state index is 12.7. The van der Waals surface area contributed by atoms with Gasteiger partial charge in [0.05, 0.1) is 0 Å². The van der Waals surface area contributed by atoms with Crippen molar-refractivity contribution < 1.29 is 13.9 Å². The standard InChI is InChI=1S/C22H30N2O4/c1-13-9-19(25)28-18-10-16(7-8-17(13)18)27-14(2)20(26)23-15-11-21(3,4)24-22(5,6)12-15/h7-10,14-15,24H,11-12H2,1-6H3,(H,23,26). The van der Waals surface area contributed by atoms with E-state index in [-0.39, 0.29) is 23.0 Å². The topological polar surface area (TPSA) is 80.6 Å². The maximum atomic E-state index is 12.7. The molecule has 1 aromatic carbocycles. The van der Waals surface area contributed by atoms with Gasteiger partial charge in [-0.15, -0.1) is 0 Å². The lowest BCUT2D eigenvalue weighted by atomic mass is 9.79. The van der Waals surface area contributed by atoms with Crippen molar-refractivity contribution in [3.05, 3.63) is 40.2 Å². The molecular weight excluding hydrogens is 356 g/mol. The van der Waals surface area contributed by atoms with Gasteiger partial charge in [-0.05, 0) is 72.1 Å². The maximum Gasteiger partial charge on any atom is 0.336 e. The normalized spacial score (nSPS) is 19.9. The summed E-state index contributed by atoms with van der Waals surface area (Å²) < 4.78 is 11.1. The number of rotatable bonds is 4. The first-order chi connectivity index (χ1) is 12.9. The van der Waals surface area contributed by atoms with E-state index < -0.39 is 11.7 Å². The Labute approximate surface area is 165 Å². The van der Waals surface area contributed by atoms with Gasteiger partial charge >= 0.3 is 5.63 Å². The predicted molar refractivity (Wildman–Crippen MR) is 110 cm³/mol. The Morgan fingerprint density at radius 3 is 2.50 bits per heavy atom. The van der Waals surface area contributed by atoms with E-state index >= 15 is 0 Å². The highest BCUT2D eigenvalue weighted by molar-refractivity contribution is 5.83. The number of piperidine rings is 1. The lowest BCUT2D eigenvalue weighted by molar-refractivity contribution is -0.128. The third kappa shape index (κ3) is 4.73. The van der Waals surface area contributed by atoms with E-state index in [1.165, 1.54) is 6.07 Å². The summed E-state index contributed by atoms with van der Waals surface area (Å²) in [7, 11) is 0. The Bertz CT molecular complexity index is 929. The minimum Gasteiger partial charge on any atom is -0.481 e. The number of aryl methyl sites for hydroxylation is 1. The number of hydrogen-bond donors (Lipinski definition) is 2. The molecule has 1 amide bonds. The molecule has 1 fully saturated rings. The second-order valence-electron chi connectivity index (χ2n) is 9.17. The Morgan fingerprint density at radius 2 is 1.86 bits per heavy atom. The molecule has 2 aromatic rings. The molecule has 1 atom stereocenters. The summed E-state index contributed by atoms with van der Waals surface area (Å²) in [5, 5.41) is 7.59. The van der Waals surface area contributed by atoms with E-state index in [1.807, 2.05) is 13.0 Å². The quantitative estimate of drug-likeness (QED) is 0.788. The molecule has 0 aliphatic carbocycles. The number of carbonyl (C=O) groups is 1. The summed E-state index contributed by atoms with van der Waals surface area (Å²) in [6.45, 7) is 12.2. The van der Waals surface area contributed by atoms with Gasteiger partial charge in [-0.1, -0.05) is 0 Å². The zero-order valence-electron chi connectivity index (χ0n) is 17.5. The molecule has 152 valence electrons. The van der Waals surface area contributed by atoms with Crippen molar-refractivity contribution in [3.63, 3.8) is 0 Å². The summed E-state index contributed by atoms with van der Waals surface area (Å²) in [5.41, 5.74) is 0.815. The zero-order valence-corrected chi connectivity index (χ0v) is 17.5. The molecule has 0 bridgehead atoms. The highest BCUT2D eigenvalue weighted by atomic mass is 16.5. The summed E-state index contributed by atoms with van der Waals surface area (Å²) in [5.74, 6) is 0.346. The second-order valence-corrected chi connectivity index (χ2v) is 9.17. The lowest BCUT2D eigenvalue weighted by Gasteiger charge is -2.46. The van der Waals surface area contributed by atoms with Gasteiger partial charge in [0, 0.05) is 34.6 Å². The fourth-order valence-electron chi connectivity index (χ4n) is 4.38. The van der Waals surface area contributed by atoms with Gasteiger partial charge in [-0.25, -0.2) is 4.79 Å². The fourth-order valence-corrected chi connectivity index (χ4v) is 4.38. The first-order valence-electron chi connectivity index (χ1n) is 9.75. The van der Waals surface area contributed by atoms with Crippen LogP contribution in [0.15, 0.2) is 33.5 Å². The van der Waals surface area contributed by atoms with Crippen LogP contribution in [0.2, 0.25) is 0 Å². The van der Waals surface area contributed by atoms with E-state index in [2.05, 4.69) is 38.3 Å². The van der Waals surface area contributed by atoms with Crippen molar-refractivity contribution in [2.45, 2.75) is 77.6 Å². The molecule has 0 radical (unpaired) electrons. The SMILES string of the molecule is Cc1cc(=O)oc2cc(OC(C)C(=O)NC3CC(C)(C)NC(C)(C)C3)ccc12. The lowest BCUT2D eigenvalue weighted by Crippen LogP contribution is -2.62. The number of hydrogen-bond acceptors (Lipinski definition) is 5. The molecule has 1 aliphatic rings. The van der Waals surface area contributed by atoms with Crippen LogP contribution in [0.25, 0.3) is 11.0 Å². The number of fused-ring (bicyclic) bond motifs is 1. The van der Waals surface area contributed by atoms with Crippen molar-refractivity contribution in [3.8, 4) is 5.75 Å². The zero-order chi connectivity index (χ0) is 20.7. The van der Waals surface area contributed by atoms with Crippen LogP contribution < -0.4 is 21.0 Å². The molecule has 28 heavy (non-hydrogen) atoms. The molecule has 0 saturated carbocycles. The fraction of sp³-hybridized carbons (Fsp3) is 0.545. The molecule has 2 heterocycles. The third-order valence-electron chi connectivity index (χ3n) is 5.14. The highest BCUT2D eigenvalue weighted by Gasteiger charge is 2.38. The Balaban J connectivity index is 1.69. The van der Waals surface area contributed by atoms with Gasteiger partial charge in [0.25, 0.3) is 5.91 Å². The predicted octanol–water partition coefficient (Wildman–Crippen LogP) is 3.29. The number of amides is 1. The molecule has 0 spiro atoms. The summed E-state index contributed by atoms with van der Waals surface area (Å²) in [6.07, 6.45) is 1.06. The van der Waals surface area contributed by atoms with E-state index in [0.717, 1.165) is 23.8 Å². The van der Waals surface area contributed by atoms with Crippen molar-refractivity contribution in [1.29, 1.82) is 0 Å². The van der Waals surface area contributed by atoms with Crippen molar-refractivity contribution in [1.82, 2.24) is 10.6 Å². The molecule has 1 aromatic heterocycles. The van der Waals surface area contributed by atoms with Crippen LogP contribution in [-0.2, 0) is 4.79 Å². The molecular formula is C22H30N2O4. The van der Waals surface area contributed by atoms with Crippen LogP contribution in [-0.4, -0.2) is 29.1 Å². The molecule has 6 nitrogen and oxygen atoms in total. The number of benzene rings is 1. The molecule has 1 saturated heterocycles. The average Bonchev–Trinajstić information content (AvgIpc) is 2.51. The summed E-state index contributed by atoms with van der Waals surface area (Å²) >= 11 is 0. The molecule has 6 heteroatoms. The first kappa shape index (κ1) is 20.4. The molecule has 2 N–H and O–H groups in total. The summed E-state index contributed by atoms with van der Waals surface area (Å²) in [6, 6.07) is 6.83. The first-order valence-corrected chi connectivity index (χ1v) is 9.75. The largest absolute Gasteiger partial charge is 0.481 e. The van der Waals surface area contributed by atoms with Gasteiger partial charge in [-0.3, -0.25) is 4.79 Å². The van der Waals surface area contributed by atoms with Gasteiger partial charge in [-0.2, -0.15) is 0 Å². The van der Waals surface area contributed by atoms with Crippen LogP contribution in [0.5, 0.6) is 5.75 Å². The highest BCUT2D eigenvalue weighted by Crippen LogP contribution is 2.29. The minimum absolute atomic E-state index is 0.0441. The number of nitrogens with one attached hydrogen (secondary N) is 2. The van der Waals surface area contributed by atoms with Crippen LogP contribution in [0.3, 0.4) is 0 Å². The van der Waals surface area contributed by atoms with Crippen LogP contribution in [0.4, 0.5) is 0 Å². The van der Waals surface area contributed by atoms with Crippen LogP contribution in [0, 0.1) is 6.92 Å². The van der Waals surface area contributed by atoms with Crippen LogP contribution in [0.1, 0.15) is 53.0 Å². The Kier molecular flexibility index (Phi) is 5.28.